The summed E-state index contributed by atoms with van der Waals surface area (Å²) in [7, 11) is 2.43. The fraction of sp³-hybridized carbons (Fsp3) is 0.400. The Morgan fingerprint density at radius 3 is 2.60 bits per heavy atom. The molecule has 1 aromatic carbocycles. The molecular formula is C15H14F3NO4S2. The Balaban J connectivity index is 2.13. The van der Waals surface area contributed by atoms with E-state index >= 15 is 0 Å². The maximum Gasteiger partial charge on any atom is 0.416 e. The molecule has 0 saturated carbocycles. The van der Waals surface area contributed by atoms with Gasteiger partial charge < -0.3 is 9.47 Å². The van der Waals surface area contributed by atoms with E-state index in [1.165, 1.54) is 32.0 Å². The summed E-state index contributed by atoms with van der Waals surface area (Å²) < 4.78 is 48.3. The van der Waals surface area contributed by atoms with Crippen LogP contribution in [0.4, 0.5) is 13.2 Å². The molecule has 0 N–H and O–H groups in total. The highest BCUT2D eigenvalue weighted by Gasteiger charge is 2.31. The number of thiazole rings is 1. The molecule has 1 atom stereocenters. The Bertz CT molecular complexity index is 776. The van der Waals surface area contributed by atoms with Crippen molar-refractivity contribution in [2.45, 2.75) is 16.9 Å². The van der Waals surface area contributed by atoms with Gasteiger partial charge in [-0.1, -0.05) is 11.8 Å². The number of carbonyl (C=O) groups is 2. The third-order valence-electron chi connectivity index (χ3n) is 3.28. The fourth-order valence-electron chi connectivity index (χ4n) is 1.97. The van der Waals surface area contributed by atoms with Crippen LogP contribution >= 0.6 is 23.1 Å². The highest BCUT2D eigenvalue weighted by molar-refractivity contribution is 8.01. The molecule has 0 saturated heterocycles. The molecule has 1 heterocycles. The molecule has 2 rings (SSSR count). The topological polar surface area (TPSA) is 65.5 Å². The van der Waals surface area contributed by atoms with Crippen molar-refractivity contribution >= 4 is 45.3 Å². The number of alkyl halides is 3. The van der Waals surface area contributed by atoms with Gasteiger partial charge in [0.15, 0.2) is 4.34 Å². The van der Waals surface area contributed by atoms with Gasteiger partial charge in [-0.3, -0.25) is 9.59 Å². The van der Waals surface area contributed by atoms with Gasteiger partial charge in [0.25, 0.3) is 0 Å². The van der Waals surface area contributed by atoms with E-state index in [1.807, 2.05) is 0 Å². The van der Waals surface area contributed by atoms with Gasteiger partial charge in [0.1, 0.15) is 0 Å². The molecule has 0 spiro atoms. The first-order chi connectivity index (χ1) is 11.7. The monoisotopic (exact) mass is 393 g/mol. The maximum absolute atomic E-state index is 12.7. The molecule has 1 unspecified atom stereocenters. The van der Waals surface area contributed by atoms with Crippen LogP contribution in [0.3, 0.4) is 0 Å². The lowest BCUT2D eigenvalue weighted by molar-refractivity contribution is -0.151. The van der Waals surface area contributed by atoms with E-state index in [2.05, 4.69) is 14.5 Å². The summed E-state index contributed by atoms with van der Waals surface area (Å²) >= 11 is 2.28. The second-order valence-electron chi connectivity index (χ2n) is 4.97. The number of benzene rings is 1. The molecule has 5 nitrogen and oxygen atoms in total. The highest BCUT2D eigenvalue weighted by atomic mass is 32.2. The van der Waals surface area contributed by atoms with Crippen molar-refractivity contribution in [1.29, 1.82) is 0 Å². The average Bonchev–Trinajstić information content (AvgIpc) is 2.98. The normalized spacial score (nSPS) is 12.8. The number of esters is 2. The number of nitrogens with zero attached hydrogens (tertiary/aromatic N) is 1. The first-order valence-corrected chi connectivity index (χ1v) is 8.80. The summed E-state index contributed by atoms with van der Waals surface area (Å²) in [4.78, 5) is 27.3. The summed E-state index contributed by atoms with van der Waals surface area (Å²) in [6, 6.07) is 3.33. The van der Waals surface area contributed by atoms with Crippen LogP contribution in [0.25, 0.3) is 10.2 Å². The molecule has 0 aliphatic carbocycles. The zero-order valence-corrected chi connectivity index (χ0v) is 14.9. The van der Waals surface area contributed by atoms with Gasteiger partial charge in [-0.05, 0) is 18.2 Å². The predicted molar refractivity (Wildman–Crippen MR) is 87.5 cm³/mol. The van der Waals surface area contributed by atoms with Gasteiger partial charge in [-0.25, -0.2) is 4.98 Å². The van der Waals surface area contributed by atoms with E-state index in [-0.39, 0.29) is 12.2 Å². The number of thioether (sulfide) groups is 1. The van der Waals surface area contributed by atoms with Crippen LogP contribution in [0.15, 0.2) is 22.5 Å². The van der Waals surface area contributed by atoms with Crippen LogP contribution in [0.1, 0.15) is 12.0 Å². The standard InChI is InChI=1S/C15H14F3NO4S2/c1-22-12(20)5-8(13(21)23-2)7-24-14-19-10-4-3-9(15(16,17)18)6-11(10)25-14/h3-4,6,8H,5,7H2,1-2H3. The van der Waals surface area contributed by atoms with Crippen LogP contribution in [0, 0.1) is 5.92 Å². The van der Waals surface area contributed by atoms with Crippen molar-refractivity contribution in [2.24, 2.45) is 5.92 Å². The predicted octanol–water partition coefficient (Wildman–Crippen LogP) is 3.76. The van der Waals surface area contributed by atoms with Crippen molar-refractivity contribution in [3.05, 3.63) is 23.8 Å². The third-order valence-corrected chi connectivity index (χ3v) is 5.60. The summed E-state index contributed by atoms with van der Waals surface area (Å²) in [5.41, 5.74) is -0.290. The average molecular weight is 393 g/mol. The van der Waals surface area contributed by atoms with Crippen molar-refractivity contribution in [2.75, 3.05) is 20.0 Å². The molecule has 136 valence electrons. The molecule has 25 heavy (non-hydrogen) atoms. The van der Waals surface area contributed by atoms with Crippen LogP contribution in [-0.2, 0) is 25.2 Å². The minimum absolute atomic E-state index is 0.140. The lowest BCUT2D eigenvalue weighted by atomic mass is 10.1. The zero-order valence-electron chi connectivity index (χ0n) is 13.3. The summed E-state index contributed by atoms with van der Waals surface area (Å²) in [5.74, 6) is -1.62. The van der Waals surface area contributed by atoms with E-state index in [0.29, 0.717) is 14.6 Å². The highest BCUT2D eigenvalue weighted by Crippen LogP contribution is 2.36. The van der Waals surface area contributed by atoms with Gasteiger partial charge in [-0.2, -0.15) is 13.2 Å². The smallest absolute Gasteiger partial charge is 0.416 e. The van der Waals surface area contributed by atoms with Crippen molar-refractivity contribution in [1.82, 2.24) is 4.98 Å². The summed E-state index contributed by atoms with van der Waals surface area (Å²) in [6.07, 6.45) is -4.55. The van der Waals surface area contributed by atoms with Crippen molar-refractivity contribution in [3.8, 4) is 0 Å². The number of ether oxygens (including phenoxy) is 2. The number of aromatic nitrogens is 1. The Kier molecular flexibility index (Phi) is 6.28. The van der Waals surface area contributed by atoms with Gasteiger partial charge in [-0.15, -0.1) is 11.3 Å². The molecule has 0 aliphatic rings. The van der Waals surface area contributed by atoms with Crippen LogP contribution < -0.4 is 0 Å². The van der Waals surface area contributed by atoms with E-state index in [9.17, 15) is 22.8 Å². The van der Waals surface area contributed by atoms with Gasteiger partial charge in [0.05, 0.1) is 42.3 Å². The number of halogens is 3. The van der Waals surface area contributed by atoms with Gasteiger partial charge >= 0.3 is 18.1 Å². The first kappa shape index (κ1) is 19.5. The number of methoxy groups -OCH3 is 2. The molecule has 0 amide bonds. The molecule has 0 bridgehead atoms. The quantitative estimate of drug-likeness (QED) is 0.550. The molecule has 0 radical (unpaired) electrons. The minimum atomic E-state index is -4.41. The summed E-state index contributed by atoms with van der Waals surface area (Å²) in [5, 5.41) is 0. The lowest BCUT2D eigenvalue weighted by Crippen LogP contribution is -2.22. The van der Waals surface area contributed by atoms with Crippen LogP contribution in [-0.4, -0.2) is 36.9 Å². The number of hydrogen-bond acceptors (Lipinski definition) is 7. The lowest BCUT2D eigenvalue weighted by Gasteiger charge is -2.11. The SMILES string of the molecule is COC(=O)CC(CSc1nc2ccc(C(F)(F)F)cc2s1)C(=O)OC. The number of rotatable bonds is 6. The molecular weight excluding hydrogens is 379 g/mol. The Morgan fingerprint density at radius 2 is 2.00 bits per heavy atom. The Hall–Kier alpha value is -1.81. The second kappa shape index (κ2) is 8.05. The van der Waals surface area contributed by atoms with E-state index in [4.69, 9.17) is 0 Å². The number of carbonyl (C=O) groups excluding carboxylic acids is 2. The fourth-order valence-corrected chi connectivity index (χ4v) is 4.18. The maximum atomic E-state index is 12.7. The number of hydrogen-bond donors (Lipinski definition) is 0. The zero-order chi connectivity index (χ0) is 18.6. The second-order valence-corrected chi connectivity index (χ2v) is 7.27. The third kappa shape index (κ3) is 5.08. The van der Waals surface area contributed by atoms with Crippen molar-refractivity contribution < 1.29 is 32.2 Å². The largest absolute Gasteiger partial charge is 0.469 e. The number of fused-ring (bicyclic) bond motifs is 1. The van der Waals surface area contributed by atoms with E-state index in [0.717, 1.165) is 23.5 Å². The van der Waals surface area contributed by atoms with E-state index in [1.54, 1.807) is 0 Å². The molecule has 2 aromatic rings. The molecule has 0 fully saturated rings. The van der Waals surface area contributed by atoms with E-state index < -0.39 is 29.6 Å². The van der Waals surface area contributed by atoms with Crippen LogP contribution in [0.2, 0.25) is 0 Å². The molecule has 0 aliphatic heterocycles. The Morgan fingerprint density at radius 1 is 1.28 bits per heavy atom. The van der Waals surface area contributed by atoms with Crippen LogP contribution in [0.5, 0.6) is 0 Å². The summed E-state index contributed by atoms with van der Waals surface area (Å²) in [6.45, 7) is 0. The Labute approximate surface area is 149 Å². The minimum Gasteiger partial charge on any atom is -0.469 e. The van der Waals surface area contributed by atoms with Gasteiger partial charge in [0.2, 0.25) is 0 Å². The first-order valence-electron chi connectivity index (χ1n) is 6.99. The molecule has 10 heteroatoms. The van der Waals surface area contributed by atoms with Gasteiger partial charge in [0, 0.05) is 5.75 Å². The van der Waals surface area contributed by atoms with Crippen molar-refractivity contribution in [3.63, 3.8) is 0 Å². The molecule has 1 aromatic heterocycles.